The van der Waals surface area contributed by atoms with E-state index < -0.39 is 0 Å². The van der Waals surface area contributed by atoms with E-state index in [2.05, 4.69) is 11.0 Å². The van der Waals surface area contributed by atoms with E-state index in [-0.39, 0.29) is 5.82 Å². The van der Waals surface area contributed by atoms with Crippen molar-refractivity contribution in [1.29, 1.82) is 0 Å². The minimum absolute atomic E-state index is 0.195. The fraction of sp³-hybridized carbons (Fsp3) is 0.176. The summed E-state index contributed by atoms with van der Waals surface area (Å²) in [6.07, 6.45) is 0. The average molecular weight is 269 g/mol. The molecule has 2 aromatic carbocycles. The summed E-state index contributed by atoms with van der Waals surface area (Å²) in [7, 11) is 2.00. The van der Waals surface area contributed by atoms with Gasteiger partial charge in [-0.15, -0.1) is 0 Å². The van der Waals surface area contributed by atoms with Crippen molar-refractivity contribution in [2.24, 2.45) is 0 Å². The van der Waals surface area contributed by atoms with Crippen molar-refractivity contribution >= 4 is 11.0 Å². The van der Waals surface area contributed by atoms with Gasteiger partial charge in [-0.3, -0.25) is 4.90 Å². The van der Waals surface area contributed by atoms with Gasteiger partial charge in [-0.05, 0) is 36.9 Å². The number of fused-ring (bicyclic) bond motifs is 1. The van der Waals surface area contributed by atoms with Crippen molar-refractivity contribution in [1.82, 2.24) is 4.90 Å². The molecule has 1 aromatic heterocycles. The summed E-state index contributed by atoms with van der Waals surface area (Å²) < 4.78 is 18.9. The number of nitrogens with zero attached hydrogens (tertiary/aromatic N) is 1. The zero-order chi connectivity index (χ0) is 13.9. The molecule has 0 N–H and O–H groups in total. The maximum absolute atomic E-state index is 13.1. The molecule has 0 saturated heterocycles. The minimum Gasteiger partial charge on any atom is -0.460 e. The zero-order valence-corrected chi connectivity index (χ0v) is 11.3. The van der Waals surface area contributed by atoms with Gasteiger partial charge in [0.2, 0.25) is 0 Å². The van der Waals surface area contributed by atoms with Crippen LogP contribution in [-0.4, -0.2) is 11.9 Å². The van der Waals surface area contributed by atoms with Gasteiger partial charge in [0.05, 0.1) is 6.54 Å². The fourth-order valence-electron chi connectivity index (χ4n) is 2.38. The zero-order valence-electron chi connectivity index (χ0n) is 11.3. The van der Waals surface area contributed by atoms with E-state index in [1.165, 1.54) is 6.07 Å². The second kappa shape index (κ2) is 5.47. The first-order chi connectivity index (χ1) is 9.70. The number of rotatable bonds is 4. The van der Waals surface area contributed by atoms with Crippen molar-refractivity contribution in [2.45, 2.75) is 13.1 Å². The molecule has 0 aliphatic carbocycles. The van der Waals surface area contributed by atoms with E-state index in [1.807, 2.05) is 37.4 Å². The molecular weight excluding hydrogens is 253 g/mol. The Kier molecular flexibility index (Phi) is 3.52. The summed E-state index contributed by atoms with van der Waals surface area (Å²) in [4.78, 5) is 2.10. The third-order valence-corrected chi connectivity index (χ3v) is 3.24. The van der Waals surface area contributed by atoms with Gasteiger partial charge < -0.3 is 4.42 Å². The Hall–Kier alpha value is -2.13. The molecule has 0 spiro atoms. The van der Waals surface area contributed by atoms with Crippen LogP contribution in [-0.2, 0) is 13.1 Å². The van der Waals surface area contributed by atoms with Gasteiger partial charge in [0.15, 0.2) is 0 Å². The van der Waals surface area contributed by atoms with Crippen molar-refractivity contribution < 1.29 is 8.81 Å². The van der Waals surface area contributed by atoms with Crippen LogP contribution in [0.15, 0.2) is 59.0 Å². The molecule has 3 heteroatoms. The van der Waals surface area contributed by atoms with Crippen LogP contribution in [0.1, 0.15) is 11.3 Å². The van der Waals surface area contributed by atoms with Crippen molar-refractivity contribution in [3.63, 3.8) is 0 Å². The molecule has 3 aromatic rings. The van der Waals surface area contributed by atoms with Crippen LogP contribution in [0, 0.1) is 5.82 Å². The molecule has 0 amide bonds. The average Bonchev–Trinajstić information content (AvgIpc) is 2.80. The minimum atomic E-state index is -0.195. The third kappa shape index (κ3) is 2.89. The lowest BCUT2D eigenvalue weighted by atomic mass is 10.2. The van der Waals surface area contributed by atoms with E-state index in [1.54, 1.807) is 12.1 Å². The van der Waals surface area contributed by atoms with E-state index in [0.717, 1.165) is 22.3 Å². The highest BCUT2D eigenvalue weighted by atomic mass is 19.1. The maximum atomic E-state index is 13.1. The van der Waals surface area contributed by atoms with E-state index in [9.17, 15) is 4.39 Å². The summed E-state index contributed by atoms with van der Waals surface area (Å²) in [5, 5.41) is 1.11. The topological polar surface area (TPSA) is 16.4 Å². The fourth-order valence-corrected chi connectivity index (χ4v) is 2.38. The second-order valence-electron chi connectivity index (χ2n) is 5.05. The summed E-state index contributed by atoms with van der Waals surface area (Å²) >= 11 is 0. The molecule has 0 unspecified atom stereocenters. The van der Waals surface area contributed by atoms with Crippen LogP contribution in [0.5, 0.6) is 0 Å². The molecule has 0 saturated carbocycles. The Balaban J connectivity index is 1.70. The van der Waals surface area contributed by atoms with Gasteiger partial charge >= 0.3 is 0 Å². The van der Waals surface area contributed by atoms with E-state index in [0.29, 0.717) is 13.1 Å². The molecule has 2 nitrogen and oxygen atoms in total. The van der Waals surface area contributed by atoms with Crippen LogP contribution in [0.4, 0.5) is 4.39 Å². The van der Waals surface area contributed by atoms with Crippen LogP contribution in [0.25, 0.3) is 11.0 Å². The van der Waals surface area contributed by atoms with E-state index >= 15 is 0 Å². The molecule has 1 heterocycles. The molecular formula is C17H16FNO. The number of hydrogen-bond acceptors (Lipinski definition) is 2. The molecule has 0 aliphatic rings. The van der Waals surface area contributed by atoms with Gasteiger partial charge in [-0.25, -0.2) is 4.39 Å². The second-order valence-corrected chi connectivity index (χ2v) is 5.05. The van der Waals surface area contributed by atoms with Gasteiger partial charge in [-0.2, -0.15) is 0 Å². The van der Waals surface area contributed by atoms with Crippen LogP contribution >= 0.6 is 0 Å². The van der Waals surface area contributed by atoms with Crippen molar-refractivity contribution in [3.8, 4) is 0 Å². The lowest BCUT2D eigenvalue weighted by Gasteiger charge is -2.15. The summed E-state index contributed by atoms with van der Waals surface area (Å²) in [6.45, 7) is 1.39. The standard InChI is InChI=1S/C17H16FNO/c1-19(11-13-5-4-7-15(18)9-13)12-16-10-14-6-2-3-8-17(14)20-16/h2-10H,11-12H2,1H3. The predicted octanol–water partition coefficient (Wildman–Crippen LogP) is 4.20. The lowest BCUT2D eigenvalue weighted by Crippen LogP contribution is -2.16. The first-order valence-electron chi connectivity index (χ1n) is 6.61. The van der Waals surface area contributed by atoms with E-state index in [4.69, 9.17) is 4.42 Å². The number of furan rings is 1. The molecule has 20 heavy (non-hydrogen) atoms. The molecule has 0 fully saturated rings. The third-order valence-electron chi connectivity index (χ3n) is 3.24. The summed E-state index contributed by atoms with van der Waals surface area (Å²) in [5.74, 6) is 0.727. The van der Waals surface area contributed by atoms with Crippen LogP contribution < -0.4 is 0 Å². The first-order valence-corrected chi connectivity index (χ1v) is 6.61. The van der Waals surface area contributed by atoms with Gasteiger partial charge in [-0.1, -0.05) is 30.3 Å². The highest BCUT2D eigenvalue weighted by Crippen LogP contribution is 2.20. The molecule has 0 bridgehead atoms. The Morgan fingerprint density at radius 1 is 1.00 bits per heavy atom. The number of halogens is 1. The number of para-hydroxylation sites is 1. The highest BCUT2D eigenvalue weighted by Gasteiger charge is 2.07. The highest BCUT2D eigenvalue weighted by molar-refractivity contribution is 5.77. The maximum Gasteiger partial charge on any atom is 0.134 e. The van der Waals surface area contributed by atoms with Crippen LogP contribution in [0.2, 0.25) is 0 Å². The summed E-state index contributed by atoms with van der Waals surface area (Å²) in [5.41, 5.74) is 1.87. The molecule has 3 rings (SSSR count). The predicted molar refractivity (Wildman–Crippen MR) is 77.8 cm³/mol. The molecule has 0 radical (unpaired) electrons. The number of hydrogen-bond donors (Lipinski definition) is 0. The Bertz CT molecular complexity index is 687. The summed E-state index contributed by atoms with van der Waals surface area (Å²) in [6, 6.07) is 16.7. The SMILES string of the molecule is CN(Cc1cccc(F)c1)Cc1cc2ccccc2o1. The Morgan fingerprint density at radius 3 is 2.65 bits per heavy atom. The Labute approximate surface area is 117 Å². The number of benzene rings is 2. The Morgan fingerprint density at radius 2 is 1.85 bits per heavy atom. The molecule has 0 aliphatic heterocycles. The largest absolute Gasteiger partial charge is 0.460 e. The van der Waals surface area contributed by atoms with Gasteiger partial charge in [0, 0.05) is 11.9 Å². The molecule has 0 atom stereocenters. The van der Waals surface area contributed by atoms with Gasteiger partial charge in [0.25, 0.3) is 0 Å². The monoisotopic (exact) mass is 269 g/mol. The molecule has 102 valence electrons. The smallest absolute Gasteiger partial charge is 0.134 e. The quantitative estimate of drug-likeness (QED) is 0.705. The van der Waals surface area contributed by atoms with Crippen molar-refractivity contribution in [2.75, 3.05) is 7.05 Å². The van der Waals surface area contributed by atoms with Crippen LogP contribution in [0.3, 0.4) is 0 Å². The van der Waals surface area contributed by atoms with Gasteiger partial charge in [0.1, 0.15) is 17.2 Å². The normalized spacial score (nSPS) is 11.3. The van der Waals surface area contributed by atoms with Crippen molar-refractivity contribution in [3.05, 3.63) is 71.7 Å². The first kappa shape index (κ1) is 12.9. The lowest BCUT2D eigenvalue weighted by molar-refractivity contribution is 0.291.